The Labute approximate surface area is 111 Å². The fourth-order valence-corrected chi connectivity index (χ4v) is 1.40. The van der Waals surface area contributed by atoms with Gasteiger partial charge in [-0.25, -0.2) is 17.6 Å². The number of phenolic OH excluding ortho intramolecular Hbond substituents is 1. The zero-order valence-corrected chi connectivity index (χ0v) is 9.87. The van der Waals surface area contributed by atoms with Crippen LogP contribution in [-0.2, 0) is 0 Å². The maximum Gasteiger partial charge on any atom is 0.186 e. The molecule has 3 nitrogen and oxygen atoms in total. The van der Waals surface area contributed by atoms with E-state index in [1.165, 1.54) is 30.5 Å². The number of nitrogens with one attached hydrogen (secondary N) is 1. The minimum atomic E-state index is -1.56. The fourth-order valence-electron chi connectivity index (χ4n) is 1.40. The lowest BCUT2D eigenvalue weighted by atomic mass is 10.2. The molecule has 0 radical (unpaired) electrons. The summed E-state index contributed by atoms with van der Waals surface area (Å²) in [6.45, 7) is 0. The molecular formula is C13H8F4N2O. The first-order valence-electron chi connectivity index (χ1n) is 5.40. The highest BCUT2D eigenvalue weighted by Gasteiger charge is 2.18. The predicted molar refractivity (Wildman–Crippen MR) is 65.6 cm³/mol. The molecule has 7 heteroatoms. The summed E-state index contributed by atoms with van der Waals surface area (Å²) in [5.41, 5.74) is 1.39. The van der Waals surface area contributed by atoms with Crippen LogP contribution in [0.3, 0.4) is 0 Å². The Balaban J connectivity index is 2.21. The van der Waals surface area contributed by atoms with Gasteiger partial charge in [0.15, 0.2) is 23.3 Å². The highest BCUT2D eigenvalue weighted by atomic mass is 19.2. The molecule has 2 aromatic carbocycles. The third-order valence-electron chi connectivity index (χ3n) is 2.39. The summed E-state index contributed by atoms with van der Waals surface area (Å²) in [7, 11) is 0. The summed E-state index contributed by atoms with van der Waals surface area (Å²) in [4.78, 5) is 0. The molecule has 104 valence electrons. The molecule has 0 amide bonds. The number of phenols is 1. The lowest BCUT2D eigenvalue weighted by molar-refractivity contribution is 0.458. The molecule has 2 aromatic rings. The van der Waals surface area contributed by atoms with E-state index in [4.69, 9.17) is 5.11 Å². The maximum atomic E-state index is 13.3. The monoisotopic (exact) mass is 284 g/mol. The topological polar surface area (TPSA) is 44.6 Å². The standard InChI is InChI=1S/C13H8F4N2O/c14-9-5-10(15)12(17)13(11(9)16)19-18-6-7-1-3-8(20)4-2-7/h1-6,19-20H/b18-6+. The maximum absolute atomic E-state index is 13.3. The van der Waals surface area contributed by atoms with Gasteiger partial charge in [-0.3, -0.25) is 5.43 Å². The molecule has 0 aliphatic rings. The van der Waals surface area contributed by atoms with Gasteiger partial charge in [-0.05, 0) is 29.8 Å². The van der Waals surface area contributed by atoms with Crippen LogP contribution in [0.4, 0.5) is 23.2 Å². The summed E-state index contributed by atoms with van der Waals surface area (Å²) < 4.78 is 52.4. The summed E-state index contributed by atoms with van der Waals surface area (Å²) in [5, 5.41) is 12.5. The first-order chi connectivity index (χ1) is 9.49. The Hall–Kier alpha value is -2.57. The number of hydrogen-bond donors (Lipinski definition) is 2. The summed E-state index contributed by atoms with van der Waals surface area (Å²) >= 11 is 0. The van der Waals surface area contributed by atoms with E-state index in [1.54, 1.807) is 0 Å². The highest BCUT2D eigenvalue weighted by molar-refractivity contribution is 5.80. The molecule has 0 saturated heterocycles. The Morgan fingerprint density at radius 2 is 1.50 bits per heavy atom. The zero-order chi connectivity index (χ0) is 14.7. The molecule has 0 unspecified atom stereocenters. The van der Waals surface area contributed by atoms with Crippen LogP contribution in [0.1, 0.15) is 5.56 Å². The highest BCUT2D eigenvalue weighted by Crippen LogP contribution is 2.24. The van der Waals surface area contributed by atoms with Gasteiger partial charge in [-0.15, -0.1) is 0 Å². The van der Waals surface area contributed by atoms with E-state index in [0.717, 1.165) is 0 Å². The Bertz CT molecular complexity index is 630. The normalized spacial score (nSPS) is 11.0. The van der Waals surface area contributed by atoms with Gasteiger partial charge in [0.25, 0.3) is 0 Å². The Kier molecular flexibility index (Phi) is 3.88. The minimum Gasteiger partial charge on any atom is -0.508 e. The molecule has 0 saturated carbocycles. The van der Waals surface area contributed by atoms with Crippen LogP contribution < -0.4 is 5.43 Å². The number of anilines is 1. The number of hydrogen-bond acceptors (Lipinski definition) is 3. The van der Waals surface area contributed by atoms with Crippen molar-refractivity contribution in [1.29, 1.82) is 0 Å². The average molecular weight is 284 g/mol. The number of benzene rings is 2. The van der Waals surface area contributed by atoms with Crippen LogP contribution >= 0.6 is 0 Å². The van der Waals surface area contributed by atoms with Crippen molar-refractivity contribution < 1.29 is 22.7 Å². The number of hydrazone groups is 1. The summed E-state index contributed by atoms with van der Waals surface area (Å²) in [5.74, 6) is -6.13. The lowest BCUT2D eigenvalue weighted by Crippen LogP contribution is -2.02. The summed E-state index contributed by atoms with van der Waals surface area (Å²) in [6.07, 6.45) is 1.17. The first kappa shape index (κ1) is 13.9. The van der Waals surface area contributed by atoms with Crippen molar-refractivity contribution in [1.82, 2.24) is 0 Å². The van der Waals surface area contributed by atoms with Gasteiger partial charge in [-0.2, -0.15) is 5.10 Å². The van der Waals surface area contributed by atoms with Crippen LogP contribution in [0, 0.1) is 23.3 Å². The van der Waals surface area contributed by atoms with E-state index in [9.17, 15) is 17.6 Å². The average Bonchev–Trinajstić information content (AvgIpc) is 2.42. The SMILES string of the molecule is Oc1ccc(/C=N/Nc2c(F)c(F)cc(F)c2F)cc1. The molecule has 0 aliphatic heterocycles. The Morgan fingerprint density at radius 1 is 0.950 bits per heavy atom. The van der Waals surface area contributed by atoms with Gasteiger partial charge in [0.2, 0.25) is 0 Å². The molecule has 0 bridgehead atoms. The van der Waals surface area contributed by atoms with Crippen LogP contribution in [0.15, 0.2) is 35.4 Å². The van der Waals surface area contributed by atoms with Crippen LogP contribution in [0.5, 0.6) is 5.75 Å². The third kappa shape index (κ3) is 2.87. The van der Waals surface area contributed by atoms with E-state index >= 15 is 0 Å². The van der Waals surface area contributed by atoms with Gasteiger partial charge in [0, 0.05) is 6.07 Å². The molecular weight excluding hydrogens is 276 g/mol. The van der Waals surface area contributed by atoms with Crippen LogP contribution in [0.25, 0.3) is 0 Å². The van der Waals surface area contributed by atoms with Gasteiger partial charge in [-0.1, -0.05) is 0 Å². The second-order valence-electron chi connectivity index (χ2n) is 3.80. The number of nitrogens with zero attached hydrogens (tertiary/aromatic N) is 1. The molecule has 0 aliphatic carbocycles. The fraction of sp³-hybridized carbons (Fsp3) is 0. The van der Waals surface area contributed by atoms with Crippen molar-refractivity contribution in [2.24, 2.45) is 5.10 Å². The first-order valence-corrected chi connectivity index (χ1v) is 5.40. The van der Waals surface area contributed by atoms with Crippen molar-refractivity contribution in [3.8, 4) is 5.75 Å². The van der Waals surface area contributed by atoms with Crippen molar-refractivity contribution in [2.45, 2.75) is 0 Å². The quantitative estimate of drug-likeness (QED) is 0.393. The van der Waals surface area contributed by atoms with Gasteiger partial charge >= 0.3 is 0 Å². The van der Waals surface area contributed by atoms with Crippen molar-refractivity contribution >= 4 is 11.9 Å². The largest absolute Gasteiger partial charge is 0.508 e. The number of aromatic hydroxyl groups is 1. The van der Waals surface area contributed by atoms with E-state index in [0.29, 0.717) is 5.56 Å². The van der Waals surface area contributed by atoms with E-state index in [-0.39, 0.29) is 11.8 Å². The molecule has 0 spiro atoms. The molecule has 2 N–H and O–H groups in total. The van der Waals surface area contributed by atoms with E-state index in [1.807, 2.05) is 5.43 Å². The van der Waals surface area contributed by atoms with Gasteiger partial charge in [0.05, 0.1) is 6.21 Å². The second kappa shape index (κ2) is 5.60. The second-order valence-corrected chi connectivity index (χ2v) is 3.80. The van der Waals surface area contributed by atoms with Crippen molar-refractivity contribution in [3.63, 3.8) is 0 Å². The molecule has 0 aromatic heterocycles. The van der Waals surface area contributed by atoms with Gasteiger partial charge in [0.1, 0.15) is 11.4 Å². The smallest absolute Gasteiger partial charge is 0.186 e. The minimum absolute atomic E-state index is 0.0411. The van der Waals surface area contributed by atoms with Gasteiger partial charge < -0.3 is 5.11 Å². The van der Waals surface area contributed by atoms with Crippen molar-refractivity contribution in [3.05, 3.63) is 59.2 Å². The predicted octanol–water partition coefficient (Wildman–Crippen LogP) is 3.39. The van der Waals surface area contributed by atoms with E-state index in [2.05, 4.69) is 5.10 Å². The van der Waals surface area contributed by atoms with Crippen LogP contribution in [0.2, 0.25) is 0 Å². The molecule has 2 rings (SSSR count). The van der Waals surface area contributed by atoms with Crippen LogP contribution in [-0.4, -0.2) is 11.3 Å². The lowest BCUT2D eigenvalue weighted by Gasteiger charge is -2.05. The van der Waals surface area contributed by atoms with E-state index < -0.39 is 29.0 Å². The number of halogens is 4. The number of rotatable bonds is 3. The molecule has 20 heavy (non-hydrogen) atoms. The zero-order valence-electron chi connectivity index (χ0n) is 9.87. The Morgan fingerprint density at radius 3 is 2.05 bits per heavy atom. The molecule has 0 atom stereocenters. The summed E-state index contributed by atoms with van der Waals surface area (Å²) in [6, 6.07) is 5.84. The molecule has 0 heterocycles. The molecule has 0 fully saturated rings. The van der Waals surface area contributed by atoms with Crippen molar-refractivity contribution in [2.75, 3.05) is 5.43 Å². The third-order valence-corrected chi connectivity index (χ3v) is 2.39.